The van der Waals surface area contributed by atoms with Crippen LogP contribution >= 0.6 is 11.3 Å². The summed E-state index contributed by atoms with van der Waals surface area (Å²) in [5.41, 5.74) is 0.859. The van der Waals surface area contributed by atoms with Crippen molar-refractivity contribution in [3.05, 3.63) is 10.7 Å². The maximum absolute atomic E-state index is 11.8. The van der Waals surface area contributed by atoms with E-state index in [0.717, 1.165) is 34.7 Å². The zero-order chi connectivity index (χ0) is 14.9. The smallest absolute Gasteiger partial charge is 0.249 e. The van der Waals surface area contributed by atoms with Crippen LogP contribution in [-0.2, 0) is 16.4 Å². The number of sulfone groups is 1. The van der Waals surface area contributed by atoms with Crippen molar-refractivity contribution in [3.63, 3.8) is 0 Å². The van der Waals surface area contributed by atoms with Gasteiger partial charge < -0.3 is 0 Å². The van der Waals surface area contributed by atoms with Crippen LogP contribution in [0.2, 0.25) is 0 Å². The van der Waals surface area contributed by atoms with E-state index >= 15 is 0 Å². The van der Waals surface area contributed by atoms with Gasteiger partial charge in [-0.15, -0.1) is 21.5 Å². The molecule has 8 heteroatoms. The zero-order valence-electron chi connectivity index (χ0n) is 12.0. The summed E-state index contributed by atoms with van der Waals surface area (Å²) < 4.78 is 25.3. The van der Waals surface area contributed by atoms with E-state index in [0.29, 0.717) is 12.4 Å². The molecule has 0 aliphatic rings. The average Bonchev–Trinajstić information content (AvgIpc) is 2.88. The van der Waals surface area contributed by atoms with Crippen molar-refractivity contribution in [1.82, 2.24) is 19.7 Å². The molecule has 0 unspecified atom stereocenters. The van der Waals surface area contributed by atoms with Crippen LogP contribution in [0.4, 0.5) is 0 Å². The van der Waals surface area contributed by atoms with Gasteiger partial charge in [0.1, 0.15) is 0 Å². The fourth-order valence-electron chi connectivity index (χ4n) is 1.99. The molecule has 110 valence electrons. The molecule has 0 aliphatic carbocycles. The van der Waals surface area contributed by atoms with Gasteiger partial charge >= 0.3 is 0 Å². The molecule has 2 rings (SSSR count). The molecule has 2 heterocycles. The molecular weight excluding hydrogens is 296 g/mol. The Morgan fingerprint density at radius 1 is 1.25 bits per heavy atom. The normalized spacial score (nSPS) is 12.0. The van der Waals surface area contributed by atoms with Gasteiger partial charge in [0.2, 0.25) is 15.0 Å². The summed E-state index contributed by atoms with van der Waals surface area (Å²) in [6.45, 7) is 6.48. The molecule has 0 amide bonds. The number of thiazole rings is 1. The third kappa shape index (κ3) is 2.90. The van der Waals surface area contributed by atoms with Gasteiger partial charge in [0.05, 0.1) is 15.6 Å². The molecule has 0 spiro atoms. The van der Waals surface area contributed by atoms with E-state index in [-0.39, 0.29) is 5.16 Å². The van der Waals surface area contributed by atoms with Crippen molar-refractivity contribution >= 4 is 21.2 Å². The van der Waals surface area contributed by atoms with Crippen LogP contribution in [0, 0.1) is 13.8 Å². The van der Waals surface area contributed by atoms with Crippen LogP contribution in [0.15, 0.2) is 5.16 Å². The Morgan fingerprint density at radius 2 is 1.95 bits per heavy atom. The summed E-state index contributed by atoms with van der Waals surface area (Å²) in [6.07, 6.45) is 3.01. The molecule has 0 aliphatic heterocycles. The van der Waals surface area contributed by atoms with Gasteiger partial charge in [-0.05, 0) is 20.3 Å². The van der Waals surface area contributed by atoms with Gasteiger partial charge in [-0.2, -0.15) is 0 Å². The summed E-state index contributed by atoms with van der Waals surface area (Å²) in [4.78, 5) is 5.26. The summed E-state index contributed by atoms with van der Waals surface area (Å²) >= 11 is 1.51. The second-order valence-corrected chi connectivity index (χ2v) is 7.84. The minimum absolute atomic E-state index is 0.0337. The van der Waals surface area contributed by atoms with Crippen molar-refractivity contribution in [2.45, 2.75) is 45.3 Å². The van der Waals surface area contributed by atoms with Gasteiger partial charge in [-0.1, -0.05) is 13.3 Å². The minimum Gasteiger partial charge on any atom is -0.297 e. The molecule has 2 aromatic rings. The van der Waals surface area contributed by atoms with E-state index in [2.05, 4.69) is 22.1 Å². The minimum atomic E-state index is -3.38. The molecule has 0 atom stereocenters. The summed E-state index contributed by atoms with van der Waals surface area (Å²) in [6, 6.07) is 0. The molecule has 0 N–H and O–H groups in total. The number of rotatable bonds is 5. The molecule has 0 aromatic carbocycles. The van der Waals surface area contributed by atoms with Gasteiger partial charge in [0.25, 0.3) is 0 Å². The van der Waals surface area contributed by atoms with Crippen LogP contribution in [0.1, 0.15) is 30.5 Å². The third-order valence-corrected chi connectivity index (χ3v) is 4.92. The molecule has 0 fully saturated rings. The van der Waals surface area contributed by atoms with Gasteiger partial charge in [-0.25, -0.2) is 13.4 Å². The van der Waals surface area contributed by atoms with Crippen LogP contribution in [-0.4, -0.2) is 34.4 Å². The Hall–Kier alpha value is -1.28. The highest BCUT2D eigenvalue weighted by molar-refractivity contribution is 7.90. The van der Waals surface area contributed by atoms with Gasteiger partial charge in [0.15, 0.2) is 5.82 Å². The highest BCUT2D eigenvalue weighted by atomic mass is 32.2. The molecule has 0 saturated carbocycles. The summed E-state index contributed by atoms with van der Waals surface area (Å²) in [5, 5.41) is 8.92. The second kappa shape index (κ2) is 5.61. The quantitative estimate of drug-likeness (QED) is 0.845. The summed E-state index contributed by atoms with van der Waals surface area (Å²) in [5.74, 6) is 0.599. The lowest BCUT2D eigenvalue weighted by Crippen LogP contribution is -2.10. The maximum atomic E-state index is 11.8. The lowest BCUT2D eigenvalue weighted by Gasteiger charge is -2.07. The second-order valence-electron chi connectivity index (χ2n) is 4.73. The predicted octanol–water partition coefficient (Wildman–Crippen LogP) is 2.22. The highest BCUT2D eigenvalue weighted by Crippen LogP contribution is 2.29. The van der Waals surface area contributed by atoms with E-state index < -0.39 is 9.84 Å². The lowest BCUT2D eigenvalue weighted by molar-refractivity contribution is 0.552. The SMILES string of the molecule is CCCCn1c(-c2sc(C)nc2C)nnc1S(C)(=O)=O. The Kier molecular flexibility index (Phi) is 4.24. The van der Waals surface area contributed by atoms with E-state index in [9.17, 15) is 8.42 Å². The molecule has 0 radical (unpaired) electrons. The first-order valence-electron chi connectivity index (χ1n) is 6.42. The highest BCUT2D eigenvalue weighted by Gasteiger charge is 2.23. The van der Waals surface area contributed by atoms with Crippen molar-refractivity contribution < 1.29 is 8.42 Å². The van der Waals surface area contributed by atoms with Crippen molar-refractivity contribution in [2.24, 2.45) is 0 Å². The number of hydrogen-bond acceptors (Lipinski definition) is 6. The lowest BCUT2D eigenvalue weighted by atomic mass is 10.3. The van der Waals surface area contributed by atoms with Crippen molar-refractivity contribution in [2.75, 3.05) is 6.26 Å². The Bertz CT molecular complexity index is 716. The van der Waals surface area contributed by atoms with Crippen molar-refractivity contribution in [3.8, 4) is 10.7 Å². The monoisotopic (exact) mass is 314 g/mol. The van der Waals surface area contributed by atoms with Gasteiger partial charge in [-0.3, -0.25) is 4.57 Å². The van der Waals surface area contributed by atoms with Crippen LogP contribution in [0.25, 0.3) is 10.7 Å². The predicted molar refractivity (Wildman–Crippen MR) is 78.6 cm³/mol. The summed E-state index contributed by atoms with van der Waals surface area (Å²) in [7, 11) is -3.38. The van der Waals surface area contributed by atoms with Crippen molar-refractivity contribution in [1.29, 1.82) is 0 Å². The zero-order valence-corrected chi connectivity index (χ0v) is 13.7. The van der Waals surface area contributed by atoms with Crippen LogP contribution in [0.3, 0.4) is 0 Å². The topological polar surface area (TPSA) is 77.7 Å². The molecule has 20 heavy (non-hydrogen) atoms. The Morgan fingerprint density at radius 3 is 2.45 bits per heavy atom. The number of hydrogen-bond donors (Lipinski definition) is 0. The third-order valence-electron chi connectivity index (χ3n) is 2.89. The van der Waals surface area contributed by atoms with E-state index in [4.69, 9.17) is 0 Å². The molecule has 2 aromatic heterocycles. The van der Waals surface area contributed by atoms with E-state index in [1.807, 2.05) is 13.8 Å². The standard InChI is InChI=1S/C12H18N4O2S2/c1-5-6-7-16-11(10-8(2)13-9(3)19-10)14-15-12(16)20(4,17)18/h5-7H2,1-4H3. The fourth-order valence-corrected chi connectivity index (χ4v) is 3.67. The molecule has 6 nitrogen and oxygen atoms in total. The average molecular weight is 314 g/mol. The molecule has 0 bridgehead atoms. The first-order valence-corrected chi connectivity index (χ1v) is 9.13. The van der Waals surface area contributed by atoms with Crippen LogP contribution in [0.5, 0.6) is 0 Å². The Balaban J connectivity index is 2.59. The molecule has 0 saturated heterocycles. The first kappa shape index (κ1) is 15.1. The number of aromatic nitrogens is 4. The molecular formula is C12H18N4O2S2. The number of unbranched alkanes of at least 4 members (excludes halogenated alkanes) is 1. The Labute approximate surface area is 122 Å². The van der Waals surface area contributed by atoms with E-state index in [1.54, 1.807) is 4.57 Å². The van der Waals surface area contributed by atoms with E-state index in [1.165, 1.54) is 11.3 Å². The maximum Gasteiger partial charge on any atom is 0.249 e. The largest absolute Gasteiger partial charge is 0.297 e. The number of aryl methyl sites for hydroxylation is 2. The van der Waals surface area contributed by atoms with Crippen LogP contribution < -0.4 is 0 Å². The fraction of sp³-hybridized carbons (Fsp3) is 0.583. The van der Waals surface area contributed by atoms with Gasteiger partial charge in [0, 0.05) is 12.8 Å². The number of nitrogens with zero attached hydrogens (tertiary/aromatic N) is 4. The first-order chi connectivity index (χ1) is 9.34.